The van der Waals surface area contributed by atoms with Crippen molar-refractivity contribution in [3.8, 4) is 21.6 Å². The Morgan fingerprint density at radius 2 is 1.59 bits per heavy atom. The van der Waals surface area contributed by atoms with Crippen LogP contribution in [0, 0.1) is 6.92 Å². The minimum Gasteiger partial charge on any atom is -0.481 e. The average molecular weight is 533 g/mol. The van der Waals surface area contributed by atoms with Gasteiger partial charge in [0.2, 0.25) is 0 Å². The van der Waals surface area contributed by atoms with Crippen molar-refractivity contribution in [3.63, 3.8) is 0 Å². The molecule has 1 heterocycles. The van der Waals surface area contributed by atoms with Crippen LogP contribution in [0.2, 0.25) is 5.02 Å². The number of amides is 1. The number of benzene rings is 3. The molecule has 1 aromatic heterocycles. The van der Waals surface area contributed by atoms with Crippen molar-refractivity contribution in [3.05, 3.63) is 94.6 Å². The van der Waals surface area contributed by atoms with E-state index in [1.165, 1.54) is 11.5 Å². The van der Waals surface area contributed by atoms with Gasteiger partial charge in [0.25, 0.3) is 0 Å². The van der Waals surface area contributed by atoms with Crippen LogP contribution in [0.4, 0.5) is 10.5 Å². The number of aryl methyl sites for hydroxylation is 1. The molecule has 0 saturated heterocycles. The molecule has 8 heteroatoms. The summed E-state index contributed by atoms with van der Waals surface area (Å²) in [7, 11) is 0. The molecule has 4 aromatic rings. The molecule has 6 nitrogen and oxygen atoms in total. The normalized spacial score (nSPS) is 14.6. The number of carbonyl (C=O) groups excluding carboxylic acids is 1. The number of hydrogen-bond donors (Lipinski definition) is 2. The van der Waals surface area contributed by atoms with Crippen LogP contribution < -0.4 is 5.32 Å². The van der Waals surface area contributed by atoms with Crippen molar-refractivity contribution >= 4 is 40.9 Å². The second-order valence-corrected chi connectivity index (χ2v) is 10.4. The average Bonchev–Trinajstić information content (AvgIpc) is 3.64. The zero-order chi connectivity index (χ0) is 26.2. The van der Waals surface area contributed by atoms with Gasteiger partial charge in [-0.1, -0.05) is 78.3 Å². The van der Waals surface area contributed by atoms with Gasteiger partial charge in [0.1, 0.15) is 6.10 Å². The van der Waals surface area contributed by atoms with Crippen molar-refractivity contribution in [2.75, 3.05) is 5.32 Å². The smallest absolute Gasteiger partial charge is 0.412 e. The van der Waals surface area contributed by atoms with Crippen LogP contribution in [0.15, 0.2) is 72.8 Å². The van der Waals surface area contributed by atoms with E-state index in [4.69, 9.17) is 16.3 Å². The molecule has 37 heavy (non-hydrogen) atoms. The highest BCUT2D eigenvalue weighted by Gasteiger charge is 2.51. The van der Waals surface area contributed by atoms with Crippen LogP contribution in [0.25, 0.3) is 21.6 Å². The highest BCUT2D eigenvalue weighted by molar-refractivity contribution is 7.10. The first-order valence-electron chi connectivity index (χ1n) is 11.9. The Bertz CT molecular complexity index is 1460. The number of halogens is 1. The maximum atomic E-state index is 12.7. The standard InChI is InChI=1S/C29H25ClN2O4S/c1-17-25(31-28(35)36-18(2)23-5-3-4-6-24(23)30)26(37-32-17)21-9-7-19(8-10-21)20-11-13-22(14-12-20)29(15-16-29)27(33)34/h3-14,18H,15-16H2,1-2H3,(H,31,35)(H,33,34). The number of ether oxygens (including phenoxy) is 1. The van der Waals surface area contributed by atoms with Crippen LogP contribution in [0.5, 0.6) is 0 Å². The quantitative estimate of drug-likeness (QED) is 0.253. The number of nitrogens with one attached hydrogen (secondary N) is 1. The Hall–Kier alpha value is -3.68. The summed E-state index contributed by atoms with van der Waals surface area (Å²) in [6, 6.07) is 23.0. The second-order valence-electron chi connectivity index (χ2n) is 9.21. The molecular weight excluding hydrogens is 508 g/mol. The topological polar surface area (TPSA) is 88.5 Å². The number of nitrogens with zero attached hydrogens (tertiary/aromatic N) is 1. The summed E-state index contributed by atoms with van der Waals surface area (Å²) >= 11 is 7.54. The van der Waals surface area contributed by atoms with Crippen LogP contribution in [0.1, 0.15) is 42.7 Å². The third-order valence-corrected chi connectivity index (χ3v) is 8.13. The minimum absolute atomic E-state index is 0.514. The first kappa shape index (κ1) is 25.0. The highest BCUT2D eigenvalue weighted by atomic mass is 35.5. The van der Waals surface area contributed by atoms with E-state index >= 15 is 0 Å². The van der Waals surface area contributed by atoms with E-state index in [1.54, 1.807) is 13.0 Å². The van der Waals surface area contributed by atoms with Crippen molar-refractivity contribution < 1.29 is 19.4 Å². The number of aliphatic carboxylic acids is 1. The van der Waals surface area contributed by atoms with Gasteiger partial charge in [-0.15, -0.1) is 0 Å². The van der Waals surface area contributed by atoms with Crippen molar-refractivity contribution in [2.24, 2.45) is 0 Å². The number of anilines is 1. The number of carboxylic acids is 1. The summed E-state index contributed by atoms with van der Waals surface area (Å²) in [5.41, 5.74) is 5.14. The molecule has 1 aliphatic rings. The predicted molar refractivity (Wildman–Crippen MR) is 146 cm³/mol. The Morgan fingerprint density at radius 1 is 1.00 bits per heavy atom. The molecule has 5 rings (SSSR count). The second kappa shape index (κ2) is 10.00. The third kappa shape index (κ3) is 4.97. The fraction of sp³-hybridized carbons (Fsp3) is 0.207. The Morgan fingerprint density at radius 3 is 2.19 bits per heavy atom. The Labute approximate surface area is 224 Å². The number of aromatic nitrogens is 1. The van der Waals surface area contributed by atoms with Gasteiger partial charge in [-0.05, 0) is 66.5 Å². The molecule has 2 N–H and O–H groups in total. The molecule has 0 spiro atoms. The third-order valence-electron chi connectivity index (χ3n) is 6.79. The molecule has 1 aliphatic carbocycles. The molecule has 188 valence electrons. The Balaban J connectivity index is 1.30. The lowest BCUT2D eigenvalue weighted by Crippen LogP contribution is -2.19. The lowest BCUT2D eigenvalue weighted by atomic mass is 9.93. The molecule has 1 saturated carbocycles. The first-order chi connectivity index (χ1) is 17.8. The van der Waals surface area contributed by atoms with E-state index in [2.05, 4.69) is 9.69 Å². The molecule has 3 aromatic carbocycles. The number of carbonyl (C=O) groups is 2. The van der Waals surface area contributed by atoms with Gasteiger partial charge in [-0.3, -0.25) is 10.1 Å². The van der Waals surface area contributed by atoms with Gasteiger partial charge in [-0.25, -0.2) is 4.79 Å². The fourth-order valence-corrected chi connectivity index (χ4v) is 5.56. The maximum Gasteiger partial charge on any atom is 0.412 e. The zero-order valence-corrected chi connectivity index (χ0v) is 21.9. The summed E-state index contributed by atoms with van der Waals surface area (Å²) in [6.07, 6.45) is 0.282. The minimum atomic E-state index is -0.754. The van der Waals surface area contributed by atoms with E-state index in [9.17, 15) is 14.7 Å². The summed E-state index contributed by atoms with van der Waals surface area (Å²) in [4.78, 5) is 25.1. The Kier molecular flexibility index (Phi) is 6.75. The monoisotopic (exact) mass is 532 g/mol. The first-order valence-corrected chi connectivity index (χ1v) is 13.1. The molecule has 0 aliphatic heterocycles. The number of carboxylic acid groups (broad SMARTS) is 1. The SMILES string of the molecule is Cc1nsc(-c2ccc(-c3ccc(C4(C(=O)O)CC4)cc3)cc2)c1NC(=O)OC(C)c1ccccc1Cl. The number of hydrogen-bond acceptors (Lipinski definition) is 5. The fourth-order valence-electron chi connectivity index (χ4n) is 4.42. The van der Waals surface area contributed by atoms with E-state index in [0.29, 0.717) is 29.2 Å². The lowest BCUT2D eigenvalue weighted by Gasteiger charge is -2.16. The van der Waals surface area contributed by atoms with Gasteiger partial charge < -0.3 is 9.84 Å². The molecule has 1 unspecified atom stereocenters. The van der Waals surface area contributed by atoms with Gasteiger partial charge in [0.05, 0.1) is 21.7 Å². The van der Waals surface area contributed by atoms with E-state index in [-0.39, 0.29) is 0 Å². The van der Waals surface area contributed by atoms with Crippen LogP contribution in [-0.2, 0) is 14.9 Å². The van der Waals surface area contributed by atoms with Crippen molar-refractivity contribution in [1.82, 2.24) is 4.37 Å². The number of rotatable bonds is 7. The highest BCUT2D eigenvalue weighted by Crippen LogP contribution is 2.48. The van der Waals surface area contributed by atoms with Crippen LogP contribution in [-0.4, -0.2) is 21.5 Å². The molecule has 1 fully saturated rings. The van der Waals surface area contributed by atoms with Crippen LogP contribution in [0.3, 0.4) is 0 Å². The van der Waals surface area contributed by atoms with Gasteiger partial charge in [0, 0.05) is 10.6 Å². The van der Waals surface area contributed by atoms with Gasteiger partial charge in [0.15, 0.2) is 0 Å². The largest absolute Gasteiger partial charge is 0.481 e. The predicted octanol–water partition coefficient (Wildman–Crippen LogP) is 7.86. The molecule has 0 radical (unpaired) electrons. The van der Waals surface area contributed by atoms with E-state index in [1.807, 2.05) is 73.7 Å². The zero-order valence-electron chi connectivity index (χ0n) is 20.3. The van der Waals surface area contributed by atoms with Gasteiger partial charge in [-0.2, -0.15) is 4.37 Å². The van der Waals surface area contributed by atoms with E-state index in [0.717, 1.165) is 32.7 Å². The van der Waals surface area contributed by atoms with Crippen molar-refractivity contribution in [2.45, 2.75) is 38.2 Å². The summed E-state index contributed by atoms with van der Waals surface area (Å²) in [5.74, 6) is -0.754. The summed E-state index contributed by atoms with van der Waals surface area (Å²) in [5, 5.41) is 12.9. The summed E-state index contributed by atoms with van der Waals surface area (Å²) < 4.78 is 10.0. The lowest BCUT2D eigenvalue weighted by molar-refractivity contribution is -0.140. The van der Waals surface area contributed by atoms with Crippen molar-refractivity contribution in [1.29, 1.82) is 0 Å². The molecule has 1 atom stereocenters. The molecule has 0 bridgehead atoms. The van der Waals surface area contributed by atoms with Crippen LogP contribution >= 0.6 is 23.1 Å². The van der Waals surface area contributed by atoms with E-state index < -0.39 is 23.6 Å². The maximum absolute atomic E-state index is 12.7. The van der Waals surface area contributed by atoms with Gasteiger partial charge >= 0.3 is 12.1 Å². The summed E-state index contributed by atoms with van der Waals surface area (Å²) in [6.45, 7) is 3.62. The molecular formula is C29H25ClN2O4S. The molecule has 1 amide bonds.